The number of hydrogen-bond acceptors (Lipinski definition) is 7. The van der Waals surface area contributed by atoms with E-state index < -0.39 is 0 Å². The number of nitrogens with one attached hydrogen (secondary N) is 1. The van der Waals surface area contributed by atoms with Gasteiger partial charge in [-0.1, -0.05) is 12.1 Å². The number of ether oxygens (including phenoxy) is 1. The van der Waals surface area contributed by atoms with Crippen molar-refractivity contribution in [1.82, 2.24) is 19.7 Å². The normalized spacial score (nSPS) is 16.3. The summed E-state index contributed by atoms with van der Waals surface area (Å²) in [7, 11) is 0. The van der Waals surface area contributed by atoms with Gasteiger partial charge in [-0.25, -0.2) is 14.6 Å². The molecule has 2 aliphatic rings. The van der Waals surface area contributed by atoms with Crippen LogP contribution in [0.4, 0.5) is 20.4 Å². The highest BCUT2D eigenvalue weighted by Gasteiger charge is 2.26. The molecule has 4 rings (SSSR count). The summed E-state index contributed by atoms with van der Waals surface area (Å²) in [5, 5.41) is 5.09. The monoisotopic (exact) mass is 500 g/mol. The molecular formula is C24H32N6O4S. The number of aromatic nitrogens is 1. The average molecular weight is 501 g/mol. The Morgan fingerprint density at radius 1 is 1.00 bits per heavy atom. The molecule has 1 aromatic carbocycles. The van der Waals surface area contributed by atoms with Gasteiger partial charge in [-0.05, 0) is 31.5 Å². The van der Waals surface area contributed by atoms with E-state index >= 15 is 0 Å². The first-order chi connectivity index (χ1) is 16.9. The van der Waals surface area contributed by atoms with E-state index in [4.69, 9.17) is 4.74 Å². The highest BCUT2D eigenvalue weighted by Crippen LogP contribution is 2.20. The van der Waals surface area contributed by atoms with Crippen LogP contribution in [0.1, 0.15) is 18.2 Å². The topological polar surface area (TPSA) is 98.3 Å². The predicted molar refractivity (Wildman–Crippen MR) is 135 cm³/mol. The largest absolute Gasteiger partial charge is 0.450 e. The van der Waals surface area contributed by atoms with Gasteiger partial charge >= 0.3 is 12.1 Å². The quantitative estimate of drug-likeness (QED) is 0.678. The Bertz CT molecular complexity index is 1040. The molecule has 0 radical (unpaired) electrons. The highest BCUT2D eigenvalue weighted by atomic mass is 32.1. The second-order valence-electron chi connectivity index (χ2n) is 8.63. The number of carbonyl (C=O) groups excluding carboxylic acids is 3. The van der Waals surface area contributed by atoms with E-state index in [0.717, 1.165) is 13.1 Å². The van der Waals surface area contributed by atoms with Crippen molar-refractivity contribution in [3.63, 3.8) is 0 Å². The molecule has 3 heterocycles. The maximum Gasteiger partial charge on any atom is 0.409 e. The van der Waals surface area contributed by atoms with Crippen molar-refractivity contribution in [2.45, 2.75) is 20.3 Å². The lowest BCUT2D eigenvalue weighted by Gasteiger charge is -2.36. The first-order valence-corrected chi connectivity index (χ1v) is 12.8. The molecule has 0 spiro atoms. The van der Waals surface area contributed by atoms with Crippen molar-refractivity contribution in [2.24, 2.45) is 0 Å². The molecule has 0 unspecified atom stereocenters. The maximum atomic E-state index is 12.8. The van der Waals surface area contributed by atoms with E-state index in [9.17, 15) is 14.4 Å². The molecule has 0 aliphatic carbocycles. The molecule has 0 atom stereocenters. The SMILES string of the molecule is CCOC(=O)N1CCN(C(=O)Nc2nc(CC(=O)N3CCN(c4cccc(C)c4)CC3)cs2)CC1. The number of thiazole rings is 1. The van der Waals surface area contributed by atoms with E-state index in [1.807, 2.05) is 10.3 Å². The summed E-state index contributed by atoms with van der Waals surface area (Å²) in [6, 6.07) is 8.16. The van der Waals surface area contributed by atoms with Gasteiger partial charge in [0.15, 0.2) is 5.13 Å². The number of nitrogens with zero attached hydrogens (tertiary/aromatic N) is 5. The lowest BCUT2D eigenvalue weighted by Crippen LogP contribution is -2.51. The summed E-state index contributed by atoms with van der Waals surface area (Å²) in [5.74, 6) is 0.0483. The molecule has 188 valence electrons. The van der Waals surface area contributed by atoms with Crippen LogP contribution in [0.2, 0.25) is 0 Å². The molecule has 4 amide bonds. The zero-order valence-electron chi connectivity index (χ0n) is 20.2. The fourth-order valence-corrected chi connectivity index (χ4v) is 4.93. The highest BCUT2D eigenvalue weighted by molar-refractivity contribution is 7.13. The fraction of sp³-hybridized carbons (Fsp3) is 0.500. The van der Waals surface area contributed by atoms with Crippen molar-refractivity contribution in [2.75, 3.05) is 69.2 Å². The average Bonchev–Trinajstić information content (AvgIpc) is 3.30. The van der Waals surface area contributed by atoms with Crippen molar-refractivity contribution in [3.8, 4) is 0 Å². The van der Waals surface area contributed by atoms with Gasteiger partial charge < -0.3 is 24.3 Å². The smallest absolute Gasteiger partial charge is 0.409 e. The lowest BCUT2D eigenvalue weighted by atomic mass is 10.2. The van der Waals surface area contributed by atoms with Gasteiger partial charge in [0.2, 0.25) is 5.91 Å². The van der Waals surface area contributed by atoms with Crippen LogP contribution in [-0.4, -0.2) is 96.7 Å². The van der Waals surface area contributed by atoms with Crippen LogP contribution in [0.3, 0.4) is 0 Å². The first kappa shape index (κ1) is 24.8. The lowest BCUT2D eigenvalue weighted by molar-refractivity contribution is -0.130. The third-order valence-corrected chi connectivity index (χ3v) is 7.00. The Labute approximate surface area is 209 Å². The molecule has 35 heavy (non-hydrogen) atoms. The van der Waals surface area contributed by atoms with Crippen LogP contribution < -0.4 is 10.2 Å². The number of hydrogen-bond donors (Lipinski definition) is 1. The number of amides is 4. The maximum absolute atomic E-state index is 12.8. The summed E-state index contributed by atoms with van der Waals surface area (Å²) in [5.41, 5.74) is 3.08. The fourth-order valence-electron chi connectivity index (χ4n) is 4.23. The van der Waals surface area contributed by atoms with Gasteiger partial charge in [-0.3, -0.25) is 10.1 Å². The molecule has 2 aromatic rings. The second kappa shape index (κ2) is 11.4. The van der Waals surface area contributed by atoms with Crippen LogP contribution >= 0.6 is 11.3 Å². The Kier molecular flexibility index (Phi) is 8.06. The summed E-state index contributed by atoms with van der Waals surface area (Å²) in [6.45, 7) is 8.86. The van der Waals surface area contributed by atoms with Crippen LogP contribution in [0.5, 0.6) is 0 Å². The van der Waals surface area contributed by atoms with E-state index in [0.29, 0.717) is 56.7 Å². The van der Waals surface area contributed by atoms with E-state index in [-0.39, 0.29) is 24.5 Å². The molecule has 2 fully saturated rings. The number of rotatable bonds is 5. The minimum Gasteiger partial charge on any atom is -0.450 e. The van der Waals surface area contributed by atoms with Gasteiger partial charge in [0.1, 0.15) is 0 Å². The van der Waals surface area contributed by atoms with Crippen molar-refractivity contribution in [3.05, 3.63) is 40.9 Å². The predicted octanol–water partition coefficient (Wildman–Crippen LogP) is 2.65. The Hall–Kier alpha value is -3.34. The molecule has 0 saturated carbocycles. The molecule has 2 aliphatic heterocycles. The Balaban J connectivity index is 1.22. The number of carbonyl (C=O) groups is 3. The standard InChI is InChI=1S/C24H32N6O4S/c1-3-34-24(33)30-13-11-29(12-14-30)23(32)26-22-25-19(17-35-22)16-21(31)28-9-7-27(8-10-28)20-6-4-5-18(2)15-20/h4-6,15,17H,3,7-14,16H2,1-2H3,(H,25,26,32). The number of anilines is 2. The van der Waals surface area contributed by atoms with Crippen molar-refractivity contribution in [1.29, 1.82) is 0 Å². The molecule has 1 N–H and O–H groups in total. The molecule has 0 bridgehead atoms. The summed E-state index contributed by atoms with van der Waals surface area (Å²) in [4.78, 5) is 49.1. The summed E-state index contributed by atoms with van der Waals surface area (Å²) < 4.78 is 5.01. The third-order valence-electron chi connectivity index (χ3n) is 6.19. The van der Waals surface area contributed by atoms with E-state index in [1.165, 1.54) is 22.6 Å². The van der Waals surface area contributed by atoms with Crippen LogP contribution in [-0.2, 0) is 16.0 Å². The van der Waals surface area contributed by atoms with E-state index in [2.05, 4.69) is 46.4 Å². The molecule has 10 nitrogen and oxygen atoms in total. The third kappa shape index (κ3) is 6.41. The van der Waals surface area contributed by atoms with Gasteiger partial charge in [-0.2, -0.15) is 0 Å². The van der Waals surface area contributed by atoms with Gasteiger partial charge in [0, 0.05) is 63.4 Å². The summed E-state index contributed by atoms with van der Waals surface area (Å²) in [6.07, 6.45) is -0.131. The number of urea groups is 1. The molecule has 1 aromatic heterocycles. The van der Waals surface area contributed by atoms with Crippen molar-refractivity contribution >= 4 is 40.2 Å². The zero-order chi connectivity index (χ0) is 24.8. The van der Waals surface area contributed by atoms with Gasteiger partial charge in [-0.15, -0.1) is 11.3 Å². The van der Waals surface area contributed by atoms with Gasteiger partial charge in [0.05, 0.1) is 18.7 Å². The minimum atomic E-state index is -0.349. The van der Waals surface area contributed by atoms with Crippen LogP contribution in [0, 0.1) is 6.92 Å². The second-order valence-corrected chi connectivity index (χ2v) is 9.49. The van der Waals surface area contributed by atoms with E-state index in [1.54, 1.807) is 16.7 Å². The zero-order valence-corrected chi connectivity index (χ0v) is 21.1. The minimum absolute atomic E-state index is 0.0483. The first-order valence-electron chi connectivity index (χ1n) is 11.9. The molecule has 11 heteroatoms. The van der Waals surface area contributed by atoms with Crippen molar-refractivity contribution < 1.29 is 19.1 Å². The Morgan fingerprint density at radius 3 is 2.37 bits per heavy atom. The number of benzene rings is 1. The van der Waals surface area contributed by atoms with Crippen LogP contribution in [0.25, 0.3) is 0 Å². The van der Waals surface area contributed by atoms with Gasteiger partial charge in [0.25, 0.3) is 0 Å². The summed E-state index contributed by atoms with van der Waals surface area (Å²) >= 11 is 1.31. The molecular weight excluding hydrogens is 468 g/mol. The number of piperazine rings is 2. The number of aryl methyl sites for hydroxylation is 1. The molecule has 2 saturated heterocycles. The van der Waals surface area contributed by atoms with Crippen LogP contribution in [0.15, 0.2) is 29.6 Å². The Morgan fingerprint density at radius 2 is 1.69 bits per heavy atom.